The number of aliphatic hydroxyl groups is 1. The van der Waals surface area contributed by atoms with Crippen molar-refractivity contribution in [3.8, 4) is 17.0 Å². The van der Waals surface area contributed by atoms with Gasteiger partial charge in [-0.2, -0.15) is 0 Å². The standard InChI is InChI=1S/C18H22FN5O2S/c19-7-10-26-15-4-2-1-3-13(15)14-11-21-16-24(14)22-17(27-16)23-8-5-18(20,12-25)6-9-23/h1-4,11,25H,5-10,12,20H2. The Hall–Kier alpha value is -2.23. The van der Waals surface area contributed by atoms with E-state index in [-0.39, 0.29) is 13.2 Å². The van der Waals surface area contributed by atoms with Crippen LogP contribution >= 0.6 is 11.3 Å². The van der Waals surface area contributed by atoms with Crippen molar-refractivity contribution in [1.29, 1.82) is 0 Å². The molecule has 3 N–H and O–H groups in total. The average Bonchev–Trinajstić information content (AvgIpc) is 3.28. The smallest absolute Gasteiger partial charge is 0.214 e. The molecule has 9 heteroatoms. The van der Waals surface area contributed by atoms with Crippen LogP contribution in [-0.4, -0.2) is 58.2 Å². The van der Waals surface area contributed by atoms with Gasteiger partial charge in [-0.15, -0.1) is 5.10 Å². The van der Waals surface area contributed by atoms with Crippen molar-refractivity contribution < 1.29 is 14.2 Å². The summed E-state index contributed by atoms with van der Waals surface area (Å²) in [5, 5.41) is 15.0. The fourth-order valence-corrected chi connectivity index (χ4v) is 4.18. The van der Waals surface area contributed by atoms with E-state index in [0.717, 1.165) is 47.3 Å². The Morgan fingerprint density at radius 1 is 1.30 bits per heavy atom. The third-order valence-corrected chi connectivity index (χ3v) is 5.90. The van der Waals surface area contributed by atoms with E-state index in [0.29, 0.717) is 5.75 Å². The number of nitrogens with two attached hydrogens (primary N) is 1. The van der Waals surface area contributed by atoms with Crippen molar-refractivity contribution in [2.24, 2.45) is 5.73 Å². The number of anilines is 1. The number of imidazole rings is 1. The number of piperidine rings is 1. The maximum atomic E-state index is 12.5. The Morgan fingerprint density at radius 2 is 2.07 bits per heavy atom. The van der Waals surface area contributed by atoms with Crippen LogP contribution in [0.3, 0.4) is 0 Å². The van der Waals surface area contributed by atoms with Gasteiger partial charge in [0.05, 0.1) is 18.5 Å². The van der Waals surface area contributed by atoms with Crippen molar-refractivity contribution in [1.82, 2.24) is 14.6 Å². The Bertz CT molecular complexity index is 920. The number of fused-ring (bicyclic) bond motifs is 1. The topological polar surface area (TPSA) is 88.9 Å². The highest BCUT2D eigenvalue weighted by Crippen LogP contribution is 2.34. The highest BCUT2D eigenvalue weighted by atomic mass is 32.1. The Morgan fingerprint density at radius 3 is 2.81 bits per heavy atom. The van der Waals surface area contributed by atoms with Crippen LogP contribution in [0.15, 0.2) is 30.5 Å². The van der Waals surface area contributed by atoms with Crippen molar-refractivity contribution in [3.05, 3.63) is 30.5 Å². The molecule has 7 nitrogen and oxygen atoms in total. The molecule has 144 valence electrons. The quantitative estimate of drug-likeness (QED) is 0.669. The lowest BCUT2D eigenvalue weighted by atomic mass is 9.90. The van der Waals surface area contributed by atoms with Gasteiger partial charge in [-0.1, -0.05) is 23.5 Å². The Kier molecular flexibility index (Phi) is 4.98. The first-order valence-electron chi connectivity index (χ1n) is 8.91. The minimum absolute atomic E-state index is 0.00183. The van der Waals surface area contributed by atoms with Crippen molar-refractivity contribution in [3.63, 3.8) is 0 Å². The van der Waals surface area contributed by atoms with Gasteiger partial charge in [0.15, 0.2) is 0 Å². The fourth-order valence-electron chi connectivity index (χ4n) is 3.25. The lowest BCUT2D eigenvalue weighted by Crippen LogP contribution is -2.52. The van der Waals surface area contributed by atoms with Gasteiger partial charge in [0, 0.05) is 24.2 Å². The van der Waals surface area contributed by atoms with Crippen LogP contribution < -0.4 is 15.4 Å². The zero-order chi connectivity index (χ0) is 18.9. The summed E-state index contributed by atoms with van der Waals surface area (Å²) in [7, 11) is 0. The van der Waals surface area contributed by atoms with Crippen LogP contribution in [0, 0.1) is 0 Å². The number of nitrogens with zero attached hydrogens (tertiary/aromatic N) is 4. The number of alkyl halides is 1. The minimum atomic E-state index is -0.539. The first kappa shape index (κ1) is 18.1. The maximum absolute atomic E-state index is 12.5. The van der Waals surface area contributed by atoms with Gasteiger partial charge in [0.2, 0.25) is 10.1 Å². The molecule has 0 bridgehead atoms. The fraction of sp³-hybridized carbons (Fsp3) is 0.444. The third kappa shape index (κ3) is 3.50. The number of benzene rings is 1. The predicted molar refractivity (Wildman–Crippen MR) is 103 cm³/mol. The van der Waals surface area contributed by atoms with E-state index in [4.69, 9.17) is 15.6 Å². The monoisotopic (exact) mass is 391 g/mol. The van der Waals surface area contributed by atoms with Crippen LogP contribution in [-0.2, 0) is 0 Å². The summed E-state index contributed by atoms with van der Waals surface area (Å²) < 4.78 is 19.8. The molecule has 1 saturated heterocycles. The summed E-state index contributed by atoms with van der Waals surface area (Å²) in [6.07, 6.45) is 3.20. The van der Waals surface area contributed by atoms with Gasteiger partial charge in [-0.3, -0.25) is 0 Å². The summed E-state index contributed by atoms with van der Waals surface area (Å²) in [6, 6.07) is 7.50. The number of ether oxygens (including phenoxy) is 1. The SMILES string of the molecule is NC1(CO)CCN(c2nn3c(-c4ccccc4OCCF)cnc3s2)CC1. The zero-order valence-electron chi connectivity index (χ0n) is 14.8. The molecule has 0 spiro atoms. The van der Waals surface area contributed by atoms with Gasteiger partial charge in [0.1, 0.15) is 19.0 Å². The molecule has 0 atom stereocenters. The van der Waals surface area contributed by atoms with Gasteiger partial charge in [-0.05, 0) is 25.0 Å². The second-order valence-corrected chi connectivity index (χ2v) is 7.70. The van der Waals surface area contributed by atoms with Crippen LogP contribution in [0.2, 0.25) is 0 Å². The molecular weight excluding hydrogens is 369 g/mol. The Labute approximate surface area is 160 Å². The molecule has 3 heterocycles. The van der Waals surface area contributed by atoms with E-state index in [1.165, 1.54) is 11.3 Å². The third-order valence-electron chi connectivity index (χ3n) is 4.92. The number of aromatic nitrogens is 3. The number of rotatable bonds is 6. The number of para-hydroxylation sites is 1. The van der Waals surface area contributed by atoms with Crippen LogP contribution in [0.1, 0.15) is 12.8 Å². The molecular formula is C18H22FN5O2S. The lowest BCUT2D eigenvalue weighted by molar-refractivity contribution is 0.170. The number of aliphatic hydroxyl groups excluding tert-OH is 1. The summed E-state index contributed by atoms with van der Waals surface area (Å²) in [5.74, 6) is 0.611. The highest BCUT2D eigenvalue weighted by molar-refractivity contribution is 7.20. The van der Waals surface area contributed by atoms with E-state index in [2.05, 4.69) is 9.88 Å². The van der Waals surface area contributed by atoms with Crippen LogP contribution in [0.4, 0.5) is 9.52 Å². The molecule has 0 saturated carbocycles. The summed E-state index contributed by atoms with van der Waals surface area (Å²) in [6.45, 7) is 0.976. The van der Waals surface area contributed by atoms with Gasteiger partial charge in [-0.25, -0.2) is 13.9 Å². The summed E-state index contributed by atoms with van der Waals surface area (Å²) in [5.41, 5.74) is 7.30. The first-order chi connectivity index (χ1) is 13.1. The van der Waals surface area contributed by atoms with Crippen LogP contribution in [0.5, 0.6) is 5.75 Å². The predicted octanol–water partition coefficient (Wildman–Crippen LogP) is 2.10. The molecule has 2 aromatic heterocycles. The summed E-state index contributed by atoms with van der Waals surface area (Å²) >= 11 is 1.51. The molecule has 1 aliphatic heterocycles. The molecule has 1 aliphatic rings. The first-order valence-corrected chi connectivity index (χ1v) is 9.73. The number of hydrogen-bond donors (Lipinski definition) is 2. The normalized spacial score (nSPS) is 16.8. The van der Waals surface area contributed by atoms with Crippen molar-refractivity contribution >= 4 is 21.4 Å². The maximum Gasteiger partial charge on any atom is 0.214 e. The largest absolute Gasteiger partial charge is 0.490 e. The molecule has 1 fully saturated rings. The molecule has 3 aromatic rings. The van der Waals surface area contributed by atoms with Crippen molar-refractivity contribution in [2.45, 2.75) is 18.4 Å². The molecule has 1 aromatic carbocycles. The molecule has 4 rings (SSSR count). The van der Waals surface area contributed by atoms with E-state index < -0.39 is 12.2 Å². The zero-order valence-corrected chi connectivity index (χ0v) is 15.7. The van der Waals surface area contributed by atoms with Gasteiger partial charge in [0.25, 0.3) is 0 Å². The summed E-state index contributed by atoms with van der Waals surface area (Å²) in [4.78, 5) is 7.43. The average molecular weight is 391 g/mol. The van der Waals surface area contributed by atoms with Gasteiger partial charge >= 0.3 is 0 Å². The Balaban J connectivity index is 1.62. The van der Waals surface area contributed by atoms with Crippen molar-refractivity contribution in [2.75, 3.05) is 37.9 Å². The molecule has 0 radical (unpaired) electrons. The second-order valence-electron chi connectivity index (χ2n) is 6.76. The minimum Gasteiger partial charge on any atom is -0.490 e. The van der Waals surface area contributed by atoms with E-state index >= 15 is 0 Å². The number of hydrogen-bond acceptors (Lipinski definition) is 7. The molecule has 0 amide bonds. The van der Waals surface area contributed by atoms with E-state index in [1.54, 1.807) is 10.7 Å². The van der Waals surface area contributed by atoms with E-state index in [1.807, 2.05) is 24.3 Å². The molecule has 27 heavy (non-hydrogen) atoms. The lowest BCUT2D eigenvalue weighted by Gasteiger charge is -2.37. The second kappa shape index (κ2) is 7.41. The number of halogens is 1. The molecule has 0 aliphatic carbocycles. The van der Waals surface area contributed by atoms with Gasteiger partial charge < -0.3 is 20.5 Å². The molecule has 0 unspecified atom stereocenters. The van der Waals surface area contributed by atoms with E-state index in [9.17, 15) is 9.50 Å². The highest BCUT2D eigenvalue weighted by Gasteiger charge is 2.31. The van der Waals surface area contributed by atoms with Crippen LogP contribution in [0.25, 0.3) is 16.2 Å².